The predicted octanol–water partition coefficient (Wildman–Crippen LogP) is 4.87. The van der Waals surface area contributed by atoms with E-state index >= 15 is 0 Å². The Bertz CT molecular complexity index is 508. The Morgan fingerprint density at radius 2 is 1.78 bits per heavy atom. The van der Waals surface area contributed by atoms with Crippen molar-refractivity contribution in [3.63, 3.8) is 0 Å². The zero-order valence-electron chi connectivity index (χ0n) is 16.8. The SMILES string of the molecule is Fc1ccc(OCCC2CCN(CCCCCC3CCCNC3)CC2)cc1. The highest BCUT2D eigenvalue weighted by atomic mass is 19.1. The number of hydrogen-bond acceptors (Lipinski definition) is 3. The molecule has 3 rings (SSSR count). The number of likely N-dealkylation sites (tertiary alicyclic amines) is 1. The summed E-state index contributed by atoms with van der Waals surface area (Å²) in [7, 11) is 0. The molecule has 27 heavy (non-hydrogen) atoms. The molecule has 1 aromatic carbocycles. The molecule has 2 aliphatic rings. The maximum Gasteiger partial charge on any atom is 0.123 e. The Morgan fingerprint density at radius 1 is 0.963 bits per heavy atom. The van der Waals surface area contributed by atoms with E-state index in [1.165, 1.54) is 96.2 Å². The van der Waals surface area contributed by atoms with Crippen LogP contribution in [0.5, 0.6) is 5.75 Å². The van der Waals surface area contributed by atoms with Crippen LogP contribution >= 0.6 is 0 Å². The van der Waals surface area contributed by atoms with Crippen molar-refractivity contribution in [3.05, 3.63) is 30.1 Å². The molecule has 1 N–H and O–H groups in total. The Labute approximate surface area is 164 Å². The fourth-order valence-corrected chi connectivity index (χ4v) is 4.49. The molecule has 1 unspecified atom stereocenters. The number of benzene rings is 1. The summed E-state index contributed by atoms with van der Waals surface area (Å²) in [5, 5.41) is 3.53. The van der Waals surface area contributed by atoms with Crippen LogP contribution in [-0.2, 0) is 0 Å². The van der Waals surface area contributed by atoms with Gasteiger partial charge in [0.2, 0.25) is 0 Å². The van der Waals surface area contributed by atoms with Crippen molar-refractivity contribution in [2.45, 2.75) is 57.8 Å². The third-order valence-electron chi connectivity index (χ3n) is 6.30. The van der Waals surface area contributed by atoms with E-state index in [0.717, 1.165) is 30.6 Å². The summed E-state index contributed by atoms with van der Waals surface area (Å²) >= 11 is 0. The van der Waals surface area contributed by atoms with Gasteiger partial charge in [0.25, 0.3) is 0 Å². The lowest BCUT2D eigenvalue weighted by atomic mass is 9.93. The third-order valence-corrected chi connectivity index (χ3v) is 6.30. The van der Waals surface area contributed by atoms with Crippen LogP contribution in [-0.4, -0.2) is 44.2 Å². The molecular formula is C23H37FN2O. The van der Waals surface area contributed by atoms with Crippen LogP contribution in [0.1, 0.15) is 57.8 Å². The second-order valence-electron chi connectivity index (χ2n) is 8.44. The Balaban J connectivity index is 1.18. The summed E-state index contributed by atoms with van der Waals surface area (Å²) in [4.78, 5) is 2.65. The van der Waals surface area contributed by atoms with Gasteiger partial charge in [0, 0.05) is 0 Å². The zero-order valence-corrected chi connectivity index (χ0v) is 16.8. The molecule has 0 saturated carbocycles. The smallest absolute Gasteiger partial charge is 0.123 e. The highest BCUT2D eigenvalue weighted by Crippen LogP contribution is 2.22. The predicted molar refractivity (Wildman–Crippen MR) is 110 cm³/mol. The summed E-state index contributed by atoms with van der Waals surface area (Å²) in [5.41, 5.74) is 0. The molecule has 152 valence electrons. The lowest BCUT2D eigenvalue weighted by Gasteiger charge is -2.32. The van der Waals surface area contributed by atoms with Crippen LogP contribution in [0.4, 0.5) is 4.39 Å². The van der Waals surface area contributed by atoms with Crippen molar-refractivity contribution in [1.82, 2.24) is 10.2 Å². The molecule has 4 heteroatoms. The molecular weight excluding hydrogens is 339 g/mol. The molecule has 0 bridgehead atoms. The Kier molecular flexibility index (Phi) is 8.89. The van der Waals surface area contributed by atoms with Gasteiger partial charge in [0.05, 0.1) is 6.61 Å². The molecule has 2 fully saturated rings. The molecule has 0 aliphatic carbocycles. The maximum atomic E-state index is 12.9. The van der Waals surface area contributed by atoms with E-state index in [2.05, 4.69) is 10.2 Å². The highest BCUT2D eigenvalue weighted by Gasteiger charge is 2.19. The zero-order chi connectivity index (χ0) is 18.7. The topological polar surface area (TPSA) is 24.5 Å². The van der Waals surface area contributed by atoms with Gasteiger partial charge in [-0.05, 0) is 114 Å². The largest absolute Gasteiger partial charge is 0.494 e. The lowest BCUT2D eigenvalue weighted by Crippen LogP contribution is -2.34. The van der Waals surface area contributed by atoms with Crippen LogP contribution < -0.4 is 10.1 Å². The molecule has 2 aliphatic heterocycles. The molecule has 2 saturated heterocycles. The van der Waals surface area contributed by atoms with Crippen molar-refractivity contribution >= 4 is 0 Å². The van der Waals surface area contributed by atoms with E-state index in [1.807, 2.05) is 0 Å². The van der Waals surface area contributed by atoms with Gasteiger partial charge >= 0.3 is 0 Å². The number of nitrogens with zero attached hydrogens (tertiary/aromatic N) is 1. The number of ether oxygens (including phenoxy) is 1. The summed E-state index contributed by atoms with van der Waals surface area (Å²) in [6, 6.07) is 6.34. The summed E-state index contributed by atoms with van der Waals surface area (Å²) in [6.45, 7) is 6.98. The first-order valence-electron chi connectivity index (χ1n) is 11.1. The molecule has 0 spiro atoms. The van der Waals surface area contributed by atoms with Crippen LogP contribution in [0.2, 0.25) is 0 Å². The molecule has 0 aromatic heterocycles. The van der Waals surface area contributed by atoms with E-state index in [9.17, 15) is 4.39 Å². The molecule has 1 atom stereocenters. The van der Waals surface area contributed by atoms with Gasteiger partial charge < -0.3 is 15.0 Å². The molecule has 1 aromatic rings. The third kappa shape index (κ3) is 7.79. The van der Waals surface area contributed by atoms with Crippen molar-refractivity contribution in [2.75, 3.05) is 39.3 Å². The van der Waals surface area contributed by atoms with E-state index in [0.29, 0.717) is 0 Å². The monoisotopic (exact) mass is 376 g/mol. The molecule has 3 nitrogen and oxygen atoms in total. The second kappa shape index (κ2) is 11.7. The second-order valence-corrected chi connectivity index (χ2v) is 8.44. The van der Waals surface area contributed by atoms with Gasteiger partial charge in [0.1, 0.15) is 11.6 Å². The first-order chi connectivity index (χ1) is 13.3. The normalized spacial score (nSPS) is 22.0. The number of halogens is 1. The fraction of sp³-hybridized carbons (Fsp3) is 0.739. The van der Waals surface area contributed by atoms with Crippen molar-refractivity contribution in [3.8, 4) is 5.75 Å². The van der Waals surface area contributed by atoms with E-state index in [1.54, 1.807) is 12.1 Å². The quantitative estimate of drug-likeness (QED) is 0.590. The number of hydrogen-bond donors (Lipinski definition) is 1. The highest BCUT2D eigenvalue weighted by molar-refractivity contribution is 5.21. The van der Waals surface area contributed by atoms with Crippen LogP contribution in [0.25, 0.3) is 0 Å². The van der Waals surface area contributed by atoms with Gasteiger partial charge in [-0.15, -0.1) is 0 Å². The first kappa shape index (κ1) is 20.6. The van der Waals surface area contributed by atoms with Gasteiger partial charge in [-0.3, -0.25) is 0 Å². The summed E-state index contributed by atoms with van der Waals surface area (Å²) < 4.78 is 18.6. The van der Waals surface area contributed by atoms with Gasteiger partial charge in [-0.2, -0.15) is 0 Å². The first-order valence-corrected chi connectivity index (χ1v) is 11.1. The van der Waals surface area contributed by atoms with Crippen LogP contribution in [0, 0.1) is 17.7 Å². The van der Waals surface area contributed by atoms with Crippen molar-refractivity contribution < 1.29 is 9.13 Å². The standard InChI is InChI=1S/C23H37FN2O/c24-22-7-9-23(10-8-22)27-18-13-20-11-16-26(17-12-20)15-3-1-2-5-21-6-4-14-25-19-21/h7-10,20-21,25H,1-6,11-19H2. The van der Waals surface area contributed by atoms with Crippen LogP contribution in [0.15, 0.2) is 24.3 Å². The minimum atomic E-state index is -0.208. The number of nitrogens with one attached hydrogen (secondary N) is 1. The molecule has 0 radical (unpaired) electrons. The van der Waals surface area contributed by atoms with E-state index in [-0.39, 0.29) is 5.82 Å². The minimum Gasteiger partial charge on any atom is -0.494 e. The summed E-state index contributed by atoms with van der Waals surface area (Å²) in [6.07, 6.45) is 12.1. The molecule has 0 amide bonds. The lowest BCUT2D eigenvalue weighted by molar-refractivity contribution is 0.161. The average Bonchev–Trinajstić information content (AvgIpc) is 2.71. The summed E-state index contributed by atoms with van der Waals surface area (Å²) in [5.74, 6) is 2.28. The van der Waals surface area contributed by atoms with Gasteiger partial charge in [-0.1, -0.05) is 12.8 Å². The Hall–Kier alpha value is -1.13. The average molecular weight is 377 g/mol. The molecule has 2 heterocycles. The minimum absolute atomic E-state index is 0.208. The maximum absolute atomic E-state index is 12.9. The fourth-order valence-electron chi connectivity index (χ4n) is 4.49. The van der Waals surface area contributed by atoms with Crippen molar-refractivity contribution in [1.29, 1.82) is 0 Å². The number of piperidine rings is 2. The van der Waals surface area contributed by atoms with E-state index in [4.69, 9.17) is 4.74 Å². The number of rotatable bonds is 10. The van der Waals surface area contributed by atoms with Gasteiger partial charge in [0.15, 0.2) is 0 Å². The van der Waals surface area contributed by atoms with Gasteiger partial charge in [-0.25, -0.2) is 4.39 Å². The van der Waals surface area contributed by atoms with E-state index < -0.39 is 0 Å². The van der Waals surface area contributed by atoms with Crippen LogP contribution in [0.3, 0.4) is 0 Å². The Morgan fingerprint density at radius 3 is 2.52 bits per heavy atom. The number of unbranched alkanes of at least 4 members (excludes halogenated alkanes) is 2. The van der Waals surface area contributed by atoms with Crippen molar-refractivity contribution in [2.24, 2.45) is 11.8 Å².